The summed E-state index contributed by atoms with van der Waals surface area (Å²) in [7, 11) is 1.48. The molecule has 4 amide bonds. The number of halogens is 1. The third kappa shape index (κ3) is 4.39. The first-order chi connectivity index (χ1) is 14.2. The van der Waals surface area contributed by atoms with Gasteiger partial charge in [-0.25, -0.2) is 9.69 Å². The minimum Gasteiger partial charge on any atom is -0.495 e. The number of anilines is 1. The number of rotatable bonds is 6. The van der Waals surface area contributed by atoms with Crippen molar-refractivity contribution in [2.75, 3.05) is 32.1 Å². The lowest BCUT2D eigenvalue weighted by atomic mass is 9.87. The Hall–Kier alpha value is -2.32. The zero-order valence-electron chi connectivity index (χ0n) is 17.8. The summed E-state index contributed by atoms with van der Waals surface area (Å²) in [6, 6.07) is 3.33. The lowest BCUT2D eigenvalue weighted by Crippen LogP contribution is -2.56. The highest BCUT2D eigenvalue weighted by Crippen LogP contribution is 2.32. The van der Waals surface area contributed by atoms with Crippen LogP contribution in [0, 0.1) is 5.92 Å². The molecular formula is C21H29ClN4O4. The Morgan fingerprint density at radius 2 is 1.93 bits per heavy atom. The average molecular weight is 437 g/mol. The maximum Gasteiger partial charge on any atom is 0.325 e. The molecule has 0 aromatic heterocycles. The first-order valence-electron chi connectivity index (χ1n) is 10.2. The monoisotopic (exact) mass is 436 g/mol. The fraction of sp³-hybridized carbons (Fsp3) is 0.571. The number of benzene rings is 1. The quantitative estimate of drug-likeness (QED) is 0.669. The SMILES string of the molecule is COc1ccc(Cl)cc1NC(=O)C(C)N1C(=O)NC2(CCN(CC(C)C)CC2)C1=O. The summed E-state index contributed by atoms with van der Waals surface area (Å²) >= 11 is 6.01. The maximum absolute atomic E-state index is 13.2. The van der Waals surface area contributed by atoms with E-state index in [-0.39, 0.29) is 5.91 Å². The molecular weight excluding hydrogens is 408 g/mol. The smallest absolute Gasteiger partial charge is 0.325 e. The molecule has 2 aliphatic rings. The van der Waals surface area contributed by atoms with Gasteiger partial charge in [-0.15, -0.1) is 0 Å². The average Bonchev–Trinajstić information content (AvgIpc) is 2.92. The lowest BCUT2D eigenvalue weighted by molar-refractivity contribution is -0.137. The van der Waals surface area contributed by atoms with Gasteiger partial charge in [-0.2, -0.15) is 0 Å². The van der Waals surface area contributed by atoms with Gasteiger partial charge in [0, 0.05) is 24.7 Å². The third-order valence-corrected chi connectivity index (χ3v) is 5.95. The molecule has 164 valence electrons. The van der Waals surface area contributed by atoms with E-state index >= 15 is 0 Å². The second-order valence-electron chi connectivity index (χ2n) is 8.39. The molecule has 9 heteroatoms. The maximum atomic E-state index is 13.2. The van der Waals surface area contributed by atoms with Crippen LogP contribution in [0.2, 0.25) is 5.02 Å². The number of hydrogen-bond acceptors (Lipinski definition) is 5. The summed E-state index contributed by atoms with van der Waals surface area (Å²) in [5.74, 6) is 0.147. The van der Waals surface area contributed by atoms with Crippen molar-refractivity contribution >= 4 is 35.1 Å². The molecule has 1 aromatic rings. The number of carbonyl (C=O) groups excluding carboxylic acids is 3. The van der Waals surface area contributed by atoms with Crippen molar-refractivity contribution in [3.05, 3.63) is 23.2 Å². The summed E-state index contributed by atoms with van der Waals surface area (Å²) < 4.78 is 5.24. The Balaban J connectivity index is 1.70. The number of ether oxygens (including phenoxy) is 1. The van der Waals surface area contributed by atoms with Crippen LogP contribution in [0.1, 0.15) is 33.6 Å². The highest BCUT2D eigenvalue weighted by molar-refractivity contribution is 6.31. The molecule has 1 atom stereocenters. The number of imide groups is 1. The van der Waals surface area contributed by atoms with Gasteiger partial charge >= 0.3 is 6.03 Å². The van der Waals surface area contributed by atoms with E-state index in [0.717, 1.165) is 24.5 Å². The third-order valence-electron chi connectivity index (χ3n) is 5.71. The van der Waals surface area contributed by atoms with E-state index in [1.54, 1.807) is 18.2 Å². The highest BCUT2D eigenvalue weighted by Gasteiger charge is 2.54. The van der Waals surface area contributed by atoms with Gasteiger partial charge in [0.1, 0.15) is 17.3 Å². The van der Waals surface area contributed by atoms with Gasteiger partial charge < -0.3 is 20.3 Å². The number of amides is 4. The molecule has 1 aromatic carbocycles. The van der Waals surface area contributed by atoms with Crippen LogP contribution in [0.3, 0.4) is 0 Å². The van der Waals surface area contributed by atoms with Crippen LogP contribution in [-0.4, -0.2) is 66.0 Å². The molecule has 1 spiro atoms. The molecule has 30 heavy (non-hydrogen) atoms. The van der Waals surface area contributed by atoms with E-state index in [1.807, 2.05) is 0 Å². The summed E-state index contributed by atoms with van der Waals surface area (Å²) in [6.45, 7) is 8.28. The molecule has 0 aliphatic carbocycles. The molecule has 0 radical (unpaired) electrons. The molecule has 2 saturated heterocycles. The first kappa shape index (κ1) is 22.4. The molecule has 1 unspecified atom stereocenters. The van der Waals surface area contributed by atoms with E-state index in [4.69, 9.17) is 16.3 Å². The summed E-state index contributed by atoms with van der Waals surface area (Å²) in [5, 5.41) is 6.00. The lowest BCUT2D eigenvalue weighted by Gasteiger charge is -2.38. The minimum atomic E-state index is -0.978. The number of nitrogens with one attached hydrogen (secondary N) is 2. The van der Waals surface area contributed by atoms with Gasteiger partial charge in [-0.1, -0.05) is 25.4 Å². The Bertz CT molecular complexity index is 836. The largest absolute Gasteiger partial charge is 0.495 e. The standard InChI is InChI=1S/C21H29ClN4O4/c1-13(2)12-25-9-7-21(8-10-25)19(28)26(20(29)24-21)14(3)18(27)23-16-11-15(22)5-6-17(16)30-4/h5-6,11,13-14H,7-10,12H2,1-4H3,(H,23,27)(H,24,29). The number of nitrogens with zero attached hydrogens (tertiary/aromatic N) is 2. The van der Waals surface area contributed by atoms with Crippen molar-refractivity contribution in [2.24, 2.45) is 5.92 Å². The van der Waals surface area contributed by atoms with Crippen LogP contribution in [0.5, 0.6) is 5.75 Å². The molecule has 0 saturated carbocycles. The van der Waals surface area contributed by atoms with Crippen molar-refractivity contribution in [1.82, 2.24) is 15.1 Å². The van der Waals surface area contributed by atoms with Crippen molar-refractivity contribution < 1.29 is 19.1 Å². The van der Waals surface area contributed by atoms with Crippen molar-refractivity contribution in [2.45, 2.75) is 45.2 Å². The van der Waals surface area contributed by atoms with E-state index in [9.17, 15) is 14.4 Å². The fourth-order valence-corrected chi connectivity index (χ4v) is 4.27. The minimum absolute atomic E-state index is 0.336. The van der Waals surface area contributed by atoms with Gasteiger partial charge in [0.15, 0.2) is 0 Å². The van der Waals surface area contributed by atoms with Crippen LogP contribution in [0.15, 0.2) is 18.2 Å². The second kappa shape index (κ2) is 8.81. The molecule has 2 N–H and O–H groups in total. The van der Waals surface area contributed by atoms with Crippen molar-refractivity contribution in [3.63, 3.8) is 0 Å². The molecule has 8 nitrogen and oxygen atoms in total. The van der Waals surface area contributed by atoms with Crippen LogP contribution in [-0.2, 0) is 9.59 Å². The van der Waals surface area contributed by atoms with Crippen LogP contribution >= 0.6 is 11.6 Å². The Kier molecular flexibility index (Phi) is 6.57. The summed E-state index contributed by atoms with van der Waals surface area (Å²) in [6.07, 6.45) is 1.08. The van der Waals surface area contributed by atoms with Gasteiger partial charge in [-0.3, -0.25) is 9.59 Å². The van der Waals surface area contributed by atoms with Gasteiger partial charge in [0.2, 0.25) is 5.91 Å². The first-order valence-corrected chi connectivity index (χ1v) is 10.6. The predicted octanol–water partition coefficient (Wildman–Crippen LogP) is 2.72. The molecule has 2 fully saturated rings. The molecule has 2 heterocycles. The van der Waals surface area contributed by atoms with Crippen LogP contribution < -0.4 is 15.4 Å². The summed E-state index contributed by atoms with van der Waals surface area (Å²) in [5.41, 5.74) is -0.544. The van der Waals surface area contributed by atoms with Crippen molar-refractivity contribution in [1.29, 1.82) is 0 Å². The van der Waals surface area contributed by atoms with E-state index < -0.39 is 23.5 Å². The molecule has 2 aliphatic heterocycles. The van der Waals surface area contributed by atoms with E-state index in [0.29, 0.717) is 35.2 Å². The highest BCUT2D eigenvalue weighted by atomic mass is 35.5. The number of hydrogen-bond donors (Lipinski definition) is 2. The predicted molar refractivity (Wildman–Crippen MR) is 115 cm³/mol. The Morgan fingerprint density at radius 3 is 2.53 bits per heavy atom. The van der Waals surface area contributed by atoms with Gasteiger partial charge in [0.05, 0.1) is 12.8 Å². The zero-order chi connectivity index (χ0) is 22.1. The summed E-state index contributed by atoms with van der Waals surface area (Å²) in [4.78, 5) is 42.0. The van der Waals surface area contributed by atoms with E-state index in [2.05, 4.69) is 29.4 Å². The number of methoxy groups -OCH3 is 1. The van der Waals surface area contributed by atoms with Crippen molar-refractivity contribution in [3.8, 4) is 5.75 Å². The van der Waals surface area contributed by atoms with Gasteiger partial charge in [0.25, 0.3) is 5.91 Å². The van der Waals surface area contributed by atoms with E-state index in [1.165, 1.54) is 14.0 Å². The fourth-order valence-electron chi connectivity index (χ4n) is 4.10. The number of piperidine rings is 1. The topological polar surface area (TPSA) is 91.0 Å². The van der Waals surface area contributed by atoms with Gasteiger partial charge in [-0.05, 0) is 43.9 Å². The Labute approximate surface area is 181 Å². The molecule has 0 bridgehead atoms. The second-order valence-corrected chi connectivity index (χ2v) is 8.83. The Morgan fingerprint density at radius 1 is 1.27 bits per heavy atom. The van der Waals surface area contributed by atoms with Crippen LogP contribution in [0.4, 0.5) is 10.5 Å². The van der Waals surface area contributed by atoms with Crippen LogP contribution in [0.25, 0.3) is 0 Å². The normalized spacial score (nSPS) is 19.9. The number of carbonyl (C=O) groups is 3. The zero-order valence-corrected chi connectivity index (χ0v) is 18.6. The number of urea groups is 1. The number of likely N-dealkylation sites (tertiary alicyclic amines) is 1. The molecule has 3 rings (SSSR count).